The van der Waals surface area contributed by atoms with Gasteiger partial charge in [0.2, 0.25) is 5.91 Å². The number of halogens is 2. The fourth-order valence-electron chi connectivity index (χ4n) is 2.31. The molecule has 0 radical (unpaired) electrons. The quantitative estimate of drug-likeness (QED) is 0.903. The van der Waals surface area contributed by atoms with Gasteiger partial charge in [-0.15, -0.1) is 0 Å². The smallest absolute Gasteiger partial charge is 0.237 e. The lowest BCUT2D eigenvalue weighted by Gasteiger charge is -2.16. The Morgan fingerprint density at radius 1 is 1.32 bits per heavy atom. The minimum atomic E-state index is -0.952. The molecule has 1 aliphatic heterocycles. The number of amides is 1. The lowest BCUT2D eigenvalue weighted by Crippen LogP contribution is -2.26. The van der Waals surface area contributed by atoms with Gasteiger partial charge >= 0.3 is 0 Å². The van der Waals surface area contributed by atoms with E-state index >= 15 is 0 Å². The molecule has 98 valence electrons. The Morgan fingerprint density at radius 3 is 2.84 bits per heavy atom. The van der Waals surface area contributed by atoms with Gasteiger partial charge in [-0.1, -0.05) is 0 Å². The predicted molar refractivity (Wildman–Crippen MR) is 64.7 cm³/mol. The summed E-state index contributed by atoms with van der Waals surface area (Å²) in [6.45, 7) is 0.468. The van der Waals surface area contributed by atoms with Gasteiger partial charge in [0, 0.05) is 30.7 Å². The molecule has 0 aliphatic carbocycles. The largest absolute Gasteiger partial charge is 0.348 e. The van der Waals surface area contributed by atoms with Crippen LogP contribution in [0.2, 0.25) is 0 Å². The molecule has 0 bridgehead atoms. The van der Waals surface area contributed by atoms with Crippen molar-refractivity contribution in [2.24, 2.45) is 0 Å². The van der Waals surface area contributed by atoms with Crippen LogP contribution in [0.5, 0.6) is 0 Å². The number of nitrogens with zero attached hydrogens (tertiary/aromatic N) is 2. The van der Waals surface area contributed by atoms with Crippen LogP contribution in [0.4, 0.5) is 14.5 Å². The normalized spacial score (nSPS) is 19.2. The fraction of sp³-hybridized carbons (Fsp3) is 0.231. The van der Waals surface area contributed by atoms with Crippen molar-refractivity contribution in [2.45, 2.75) is 12.3 Å². The van der Waals surface area contributed by atoms with Gasteiger partial charge in [0.15, 0.2) is 11.6 Å². The first-order chi connectivity index (χ1) is 9.16. The average molecular weight is 263 g/mol. The number of H-pyrrole nitrogens is 1. The van der Waals surface area contributed by atoms with Gasteiger partial charge in [-0.25, -0.2) is 13.8 Å². The molecule has 0 spiro atoms. The van der Waals surface area contributed by atoms with E-state index in [0.717, 1.165) is 12.1 Å². The van der Waals surface area contributed by atoms with Crippen LogP contribution in [0.15, 0.2) is 30.6 Å². The SMILES string of the molecule is O=C1C(c2ncc[nH]2)CCN1c1ccc(F)c(F)c1. The first-order valence-corrected chi connectivity index (χ1v) is 5.92. The molecule has 6 heteroatoms. The van der Waals surface area contributed by atoms with Crippen molar-refractivity contribution in [1.29, 1.82) is 0 Å². The molecular formula is C13H11F2N3O. The summed E-state index contributed by atoms with van der Waals surface area (Å²) in [5.74, 6) is -1.76. The van der Waals surface area contributed by atoms with Crippen LogP contribution < -0.4 is 4.90 Å². The maximum atomic E-state index is 13.2. The number of imidazole rings is 1. The van der Waals surface area contributed by atoms with E-state index in [4.69, 9.17) is 0 Å². The summed E-state index contributed by atoms with van der Waals surface area (Å²) in [6, 6.07) is 3.47. The number of aromatic nitrogens is 2. The van der Waals surface area contributed by atoms with Gasteiger partial charge in [0.25, 0.3) is 0 Å². The first-order valence-electron chi connectivity index (χ1n) is 5.92. The maximum Gasteiger partial charge on any atom is 0.237 e. The summed E-state index contributed by atoms with van der Waals surface area (Å²) in [5, 5.41) is 0. The second kappa shape index (κ2) is 4.46. The Kier molecular flexibility index (Phi) is 2.77. The van der Waals surface area contributed by atoms with E-state index in [9.17, 15) is 13.6 Å². The van der Waals surface area contributed by atoms with Gasteiger partial charge in [0.05, 0.1) is 5.92 Å². The summed E-state index contributed by atoms with van der Waals surface area (Å²) in [4.78, 5) is 20.7. The zero-order chi connectivity index (χ0) is 13.4. The van der Waals surface area contributed by atoms with E-state index < -0.39 is 11.6 Å². The van der Waals surface area contributed by atoms with E-state index in [1.807, 2.05) is 0 Å². The number of anilines is 1. The predicted octanol–water partition coefficient (Wildman–Crippen LogP) is 2.21. The van der Waals surface area contributed by atoms with E-state index in [1.54, 1.807) is 12.4 Å². The van der Waals surface area contributed by atoms with Crippen molar-refractivity contribution in [3.8, 4) is 0 Å². The molecule has 1 fully saturated rings. The summed E-state index contributed by atoms with van der Waals surface area (Å²) >= 11 is 0. The van der Waals surface area contributed by atoms with Gasteiger partial charge in [-0.2, -0.15) is 0 Å². The Balaban J connectivity index is 1.87. The van der Waals surface area contributed by atoms with Gasteiger partial charge in [0.1, 0.15) is 5.82 Å². The van der Waals surface area contributed by atoms with Gasteiger partial charge in [-0.05, 0) is 18.6 Å². The standard InChI is InChI=1S/C13H11F2N3O/c14-10-2-1-8(7-11(10)15)18-6-3-9(13(18)19)12-16-4-5-17-12/h1-2,4-5,7,9H,3,6H2,(H,16,17). The minimum Gasteiger partial charge on any atom is -0.348 e. The third kappa shape index (κ3) is 1.99. The Hall–Kier alpha value is -2.24. The van der Waals surface area contributed by atoms with Crippen LogP contribution >= 0.6 is 0 Å². The molecule has 3 rings (SSSR count). The average Bonchev–Trinajstić information content (AvgIpc) is 3.02. The zero-order valence-corrected chi connectivity index (χ0v) is 9.94. The Bertz CT molecular complexity index is 612. The van der Waals surface area contributed by atoms with E-state index in [-0.39, 0.29) is 11.8 Å². The molecular weight excluding hydrogens is 252 g/mol. The van der Waals surface area contributed by atoms with Crippen LogP contribution in [-0.4, -0.2) is 22.4 Å². The molecule has 2 aromatic rings. The van der Waals surface area contributed by atoms with Gasteiger partial charge < -0.3 is 9.88 Å². The molecule has 1 atom stereocenters. The molecule has 1 N–H and O–H groups in total. The highest BCUT2D eigenvalue weighted by Crippen LogP contribution is 2.30. The van der Waals surface area contributed by atoms with Crippen LogP contribution in [0, 0.1) is 11.6 Å². The highest BCUT2D eigenvalue weighted by molar-refractivity contribution is 5.99. The van der Waals surface area contributed by atoms with Crippen molar-refractivity contribution >= 4 is 11.6 Å². The first kappa shape index (κ1) is 11.8. The fourth-order valence-corrected chi connectivity index (χ4v) is 2.31. The lowest BCUT2D eigenvalue weighted by molar-refractivity contribution is -0.118. The Morgan fingerprint density at radius 2 is 2.16 bits per heavy atom. The summed E-state index contributed by atoms with van der Waals surface area (Å²) in [7, 11) is 0. The highest BCUT2D eigenvalue weighted by atomic mass is 19.2. The second-order valence-electron chi connectivity index (χ2n) is 4.40. The summed E-state index contributed by atoms with van der Waals surface area (Å²) in [5.41, 5.74) is 0.373. The number of carbonyl (C=O) groups excluding carboxylic acids is 1. The number of nitrogens with one attached hydrogen (secondary N) is 1. The molecule has 1 amide bonds. The molecule has 1 aliphatic rings. The van der Waals surface area contributed by atoms with Crippen molar-refractivity contribution in [2.75, 3.05) is 11.4 Å². The molecule has 19 heavy (non-hydrogen) atoms. The van der Waals surface area contributed by atoms with Crippen LogP contribution in [-0.2, 0) is 4.79 Å². The summed E-state index contributed by atoms with van der Waals surface area (Å²) in [6.07, 6.45) is 3.84. The third-order valence-corrected chi connectivity index (χ3v) is 3.27. The van der Waals surface area contributed by atoms with Crippen molar-refractivity contribution < 1.29 is 13.6 Å². The molecule has 4 nitrogen and oxygen atoms in total. The maximum absolute atomic E-state index is 13.2. The van der Waals surface area contributed by atoms with Gasteiger partial charge in [-0.3, -0.25) is 4.79 Å². The summed E-state index contributed by atoms with van der Waals surface area (Å²) < 4.78 is 26.1. The number of hydrogen-bond donors (Lipinski definition) is 1. The van der Waals surface area contributed by atoms with E-state index in [1.165, 1.54) is 11.0 Å². The van der Waals surface area contributed by atoms with Crippen LogP contribution in [0.1, 0.15) is 18.2 Å². The lowest BCUT2D eigenvalue weighted by atomic mass is 10.1. The molecule has 1 aromatic carbocycles. The van der Waals surface area contributed by atoms with Crippen molar-refractivity contribution in [3.63, 3.8) is 0 Å². The van der Waals surface area contributed by atoms with Crippen molar-refractivity contribution in [3.05, 3.63) is 48.1 Å². The topological polar surface area (TPSA) is 49.0 Å². The second-order valence-corrected chi connectivity index (χ2v) is 4.40. The van der Waals surface area contributed by atoms with Crippen LogP contribution in [0.25, 0.3) is 0 Å². The van der Waals surface area contributed by atoms with E-state index in [2.05, 4.69) is 9.97 Å². The zero-order valence-electron chi connectivity index (χ0n) is 9.94. The number of rotatable bonds is 2. The number of hydrogen-bond acceptors (Lipinski definition) is 2. The molecule has 2 heterocycles. The Labute approximate surface area is 108 Å². The molecule has 1 aromatic heterocycles. The molecule has 1 saturated heterocycles. The van der Waals surface area contributed by atoms with Crippen molar-refractivity contribution in [1.82, 2.24) is 9.97 Å². The molecule has 1 unspecified atom stereocenters. The highest BCUT2D eigenvalue weighted by Gasteiger charge is 2.35. The third-order valence-electron chi connectivity index (χ3n) is 3.27. The van der Waals surface area contributed by atoms with Crippen LogP contribution in [0.3, 0.4) is 0 Å². The molecule has 0 saturated carbocycles. The number of benzene rings is 1. The number of aromatic amines is 1. The monoisotopic (exact) mass is 263 g/mol. The minimum absolute atomic E-state index is 0.152. The number of carbonyl (C=O) groups is 1. The van der Waals surface area contributed by atoms with E-state index in [0.29, 0.717) is 24.5 Å².